The van der Waals surface area contributed by atoms with Crippen LogP contribution in [0.2, 0.25) is 0 Å². The summed E-state index contributed by atoms with van der Waals surface area (Å²) in [6.45, 7) is 6.21. The van der Waals surface area contributed by atoms with E-state index < -0.39 is 10.0 Å². The summed E-state index contributed by atoms with van der Waals surface area (Å²) in [7, 11) is -0.408. The van der Waals surface area contributed by atoms with Gasteiger partial charge in [-0.15, -0.1) is 0 Å². The number of fused-ring (bicyclic) bond motifs is 1. The molecule has 39 heavy (non-hydrogen) atoms. The Morgan fingerprint density at radius 1 is 1.05 bits per heavy atom. The number of likely N-dealkylation sites (N-methyl/N-ethyl adjacent to an activating group) is 1. The van der Waals surface area contributed by atoms with Gasteiger partial charge in [0, 0.05) is 52.1 Å². The first-order chi connectivity index (χ1) is 18.7. The quantitative estimate of drug-likeness (QED) is 0.495. The van der Waals surface area contributed by atoms with Crippen LogP contribution in [0.4, 0.5) is 5.69 Å². The van der Waals surface area contributed by atoms with Gasteiger partial charge < -0.3 is 14.4 Å². The zero-order valence-corrected chi connectivity index (χ0v) is 23.6. The molecule has 1 aliphatic rings. The summed E-state index contributed by atoms with van der Waals surface area (Å²) < 4.78 is 40.5. The molecule has 0 fully saturated rings. The van der Waals surface area contributed by atoms with Crippen molar-refractivity contribution in [1.29, 1.82) is 0 Å². The molecule has 0 radical (unpaired) electrons. The van der Waals surface area contributed by atoms with Crippen LogP contribution in [0.3, 0.4) is 0 Å². The Balaban J connectivity index is 1.66. The van der Waals surface area contributed by atoms with E-state index in [1.54, 1.807) is 61.7 Å². The van der Waals surface area contributed by atoms with Crippen LogP contribution in [0, 0.1) is 5.92 Å². The number of rotatable bonds is 6. The van der Waals surface area contributed by atoms with E-state index in [2.05, 4.69) is 28.5 Å². The molecular weight excluding hydrogens is 516 g/mol. The number of nitrogens with zero attached hydrogens (tertiary/aromatic N) is 3. The summed E-state index contributed by atoms with van der Waals surface area (Å²) in [6.07, 6.45) is 1.60. The van der Waals surface area contributed by atoms with Gasteiger partial charge in [0.05, 0.1) is 27.9 Å². The fourth-order valence-electron chi connectivity index (χ4n) is 4.64. The summed E-state index contributed by atoms with van der Waals surface area (Å²) >= 11 is 0. The van der Waals surface area contributed by atoms with Gasteiger partial charge >= 0.3 is 0 Å². The number of benzene rings is 2. The van der Waals surface area contributed by atoms with Crippen LogP contribution in [0.5, 0.6) is 5.75 Å². The Morgan fingerprint density at radius 3 is 2.49 bits per heavy atom. The zero-order chi connectivity index (χ0) is 28.0. The highest BCUT2D eigenvalue weighted by Crippen LogP contribution is 2.28. The number of aromatic nitrogens is 1. The van der Waals surface area contributed by atoms with Crippen molar-refractivity contribution in [2.45, 2.75) is 37.4 Å². The predicted molar refractivity (Wildman–Crippen MR) is 150 cm³/mol. The van der Waals surface area contributed by atoms with Crippen molar-refractivity contribution >= 4 is 21.6 Å². The van der Waals surface area contributed by atoms with Gasteiger partial charge in [0.25, 0.3) is 15.9 Å². The molecule has 1 aliphatic heterocycles. The minimum absolute atomic E-state index is 0.0308. The van der Waals surface area contributed by atoms with E-state index in [9.17, 15) is 13.2 Å². The van der Waals surface area contributed by atoms with E-state index in [4.69, 9.17) is 9.47 Å². The summed E-state index contributed by atoms with van der Waals surface area (Å²) in [5.41, 5.74) is 1.61. The number of anilines is 1. The molecule has 1 aromatic heterocycles. The highest BCUT2D eigenvalue weighted by atomic mass is 32.2. The molecule has 0 saturated carbocycles. The SMILES string of the molecule is CO[C@@H]1CN(C)C(=O)c2ccc(NS(=O)(=O)c3ccccc3)cc2OC[C@H](C)N(Cc2ccccn2)C[C@H]1C. The Morgan fingerprint density at radius 2 is 1.79 bits per heavy atom. The van der Waals surface area contributed by atoms with Gasteiger partial charge in [-0.3, -0.25) is 19.4 Å². The van der Waals surface area contributed by atoms with Gasteiger partial charge in [-0.1, -0.05) is 31.2 Å². The predicted octanol–water partition coefficient (Wildman–Crippen LogP) is 3.89. The summed E-state index contributed by atoms with van der Waals surface area (Å²) in [5, 5.41) is 0. The van der Waals surface area contributed by atoms with E-state index in [-0.39, 0.29) is 35.5 Å². The molecule has 0 saturated heterocycles. The molecule has 10 heteroatoms. The minimum Gasteiger partial charge on any atom is -0.491 e. The number of carbonyl (C=O) groups is 1. The first-order valence-electron chi connectivity index (χ1n) is 12.9. The number of amides is 1. The average molecular weight is 553 g/mol. The van der Waals surface area contributed by atoms with Gasteiger partial charge in [0.2, 0.25) is 0 Å². The largest absolute Gasteiger partial charge is 0.491 e. The first kappa shape index (κ1) is 28.5. The number of nitrogens with one attached hydrogen (secondary N) is 1. The van der Waals surface area contributed by atoms with Crippen molar-refractivity contribution in [3.05, 3.63) is 84.2 Å². The van der Waals surface area contributed by atoms with E-state index in [1.165, 1.54) is 12.1 Å². The third-order valence-corrected chi connectivity index (χ3v) is 8.37. The number of methoxy groups -OCH3 is 1. The van der Waals surface area contributed by atoms with Crippen LogP contribution < -0.4 is 9.46 Å². The second-order valence-corrected chi connectivity index (χ2v) is 11.7. The number of carbonyl (C=O) groups excluding carboxylic acids is 1. The molecule has 208 valence electrons. The monoisotopic (exact) mass is 552 g/mol. The molecule has 0 unspecified atom stereocenters. The normalized spacial score (nSPS) is 21.3. The van der Waals surface area contributed by atoms with Gasteiger partial charge in [0.1, 0.15) is 12.4 Å². The number of sulfonamides is 1. The number of pyridine rings is 1. The van der Waals surface area contributed by atoms with Gasteiger partial charge in [0.15, 0.2) is 0 Å². The Bertz CT molecular complexity index is 1350. The van der Waals surface area contributed by atoms with Crippen molar-refractivity contribution < 1.29 is 22.7 Å². The molecule has 2 heterocycles. The van der Waals surface area contributed by atoms with Crippen LogP contribution in [-0.4, -0.2) is 75.1 Å². The Labute approximate surface area is 230 Å². The molecule has 0 aliphatic carbocycles. The summed E-state index contributed by atoms with van der Waals surface area (Å²) in [6, 6.07) is 18.7. The lowest BCUT2D eigenvalue weighted by molar-refractivity contribution is 0.00901. The molecule has 9 nitrogen and oxygen atoms in total. The van der Waals surface area contributed by atoms with E-state index in [0.717, 1.165) is 5.69 Å². The highest BCUT2D eigenvalue weighted by Gasteiger charge is 2.29. The second kappa shape index (κ2) is 12.6. The molecule has 1 N–H and O–H groups in total. The lowest BCUT2D eigenvalue weighted by Crippen LogP contribution is -2.46. The molecule has 0 spiro atoms. The number of hydrogen-bond acceptors (Lipinski definition) is 7. The van der Waals surface area contributed by atoms with Gasteiger partial charge in [-0.2, -0.15) is 0 Å². The summed E-state index contributed by atoms with van der Waals surface area (Å²) in [5.74, 6) is 0.215. The standard InChI is InChI=1S/C29H36N4O5S/c1-21-17-33(18-24-10-8-9-15-30-24)22(2)20-38-27-16-23(31-39(35,36)25-11-6-5-7-12-25)13-14-26(27)29(34)32(3)19-28(21)37-4/h5-16,21-22,28,31H,17-20H2,1-4H3/t21-,22+,28-/m1/s1. The molecule has 2 aromatic carbocycles. The lowest BCUT2D eigenvalue weighted by atomic mass is 10.0. The second-order valence-electron chi connectivity index (χ2n) is 9.98. The minimum atomic E-state index is -3.81. The van der Waals surface area contributed by atoms with Crippen LogP contribution >= 0.6 is 0 Å². The summed E-state index contributed by atoms with van der Waals surface area (Å²) in [4.78, 5) is 22.0. The van der Waals surface area contributed by atoms with Crippen LogP contribution in [0.1, 0.15) is 29.9 Å². The fraction of sp³-hybridized carbons (Fsp3) is 0.379. The fourth-order valence-corrected chi connectivity index (χ4v) is 5.71. The molecular formula is C29H36N4O5S. The third-order valence-electron chi connectivity index (χ3n) is 6.97. The van der Waals surface area contributed by atoms with Crippen molar-refractivity contribution in [1.82, 2.24) is 14.8 Å². The smallest absolute Gasteiger partial charge is 0.261 e. The van der Waals surface area contributed by atoms with Crippen molar-refractivity contribution in [3.8, 4) is 5.75 Å². The van der Waals surface area contributed by atoms with Crippen molar-refractivity contribution in [3.63, 3.8) is 0 Å². The highest BCUT2D eigenvalue weighted by molar-refractivity contribution is 7.92. The molecule has 0 bridgehead atoms. The van der Waals surface area contributed by atoms with E-state index in [1.807, 2.05) is 18.2 Å². The average Bonchev–Trinajstić information content (AvgIpc) is 2.94. The zero-order valence-electron chi connectivity index (χ0n) is 22.8. The van der Waals surface area contributed by atoms with Gasteiger partial charge in [-0.05, 0) is 49.2 Å². The maximum absolute atomic E-state index is 13.5. The maximum Gasteiger partial charge on any atom is 0.261 e. The lowest BCUT2D eigenvalue weighted by Gasteiger charge is -2.35. The van der Waals surface area contributed by atoms with Crippen LogP contribution in [-0.2, 0) is 21.3 Å². The Hall–Kier alpha value is -3.47. The van der Waals surface area contributed by atoms with Crippen molar-refractivity contribution in [2.75, 3.05) is 38.6 Å². The van der Waals surface area contributed by atoms with Gasteiger partial charge in [-0.25, -0.2) is 8.42 Å². The van der Waals surface area contributed by atoms with E-state index >= 15 is 0 Å². The maximum atomic E-state index is 13.5. The number of hydrogen-bond donors (Lipinski definition) is 1. The molecule has 4 rings (SSSR count). The number of ether oxygens (including phenoxy) is 2. The van der Waals surface area contributed by atoms with Crippen LogP contribution in [0.15, 0.2) is 77.8 Å². The first-order valence-corrected chi connectivity index (χ1v) is 14.4. The molecule has 1 amide bonds. The van der Waals surface area contributed by atoms with Crippen LogP contribution in [0.25, 0.3) is 0 Å². The topological polar surface area (TPSA) is 101 Å². The van der Waals surface area contributed by atoms with Crippen molar-refractivity contribution in [2.24, 2.45) is 5.92 Å². The molecule has 3 atom stereocenters. The van der Waals surface area contributed by atoms with E-state index in [0.29, 0.717) is 36.6 Å². The third kappa shape index (κ3) is 7.14. The Kier molecular flexibility index (Phi) is 9.21. The molecule has 3 aromatic rings.